The van der Waals surface area contributed by atoms with Crippen LogP contribution in [-0.2, 0) is 4.79 Å². The third kappa shape index (κ3) is 3.49. The maximum absolute atomic E-state index is 11.9. The van der Waals surface area contributed by atoms with Crippen LogP contribution in [0.2, 0.25) is 0 Å². The highest BCUT2D eigenvalue weighted by atomic mass is 16.6. The molecule has 0 saturated heterocycles. The number of carbonyl (C=O) groups is 1. The molecule has 1 atom stereocenters. The predicted octanol–water partition coefficient (Wildman–Crippen LogP) is 1.69. The summed E-state index contributed by atoms with van der Waals surface area (Å²) in [5.74, 6) is -0.382. The quantitative estimate of drug-likeness (QED) is 0.519. The van der Waals surface area contributed by atoms with E-state index in [2.05, 4.69) is 0 Å². The zero-order valence-electron chi connectivity index (χ0n) is 10.1. The number of amides is 1. The molecule has 0 aliphatic carbocycles. The normalized spacial score (nSPS) is 13.0. The van der Waals surface area contributed by atoms with E-state index in [4.69, 9.17) is 0 Å². The molecule has 0 N–H and O–H groups in total. The van der Waals surface area contributed by atoms with E-state index in [9.17, 15) is 14.9 Å². The highest BCUT2D eigenvalue weighted by Gasteiger charge is 2.34. The summed E-state index contributed by atoms with van der Waals surface area (Å²) in [6.45, 7) is 9.12. The van der Waals surface area contributed by atoms with Gasteiger partial charge >= 0.3 is 0 Å². The maximum atomic E-state index is 11.9. The molecule has 15 heavy (non-hydrogen) atoms. The average Bonchev–Trinajstić information content (AvgIpc) is 2.02. The molecule has 0 fully saturated rings. The minimum absolute atomic E-state index is 0.00787. The molecule has 0 aromatic rings. The fraction of sp³-hybridized carbons (Fsp3) is 0.900. The van der Waals surface area contributed by atoms with Crippen LogP contribution in [0.5, 0.6) is 0 Å². The predicted molar refractivity (Wildman–Crippen MR) is 58.2 cm³/mol. The van der Waals surface area contributed by atoms with Crippen molar-refractivity contribution in [1.82, 2.24) is 4.90 Å². The zero-order chi connectivity index (χ0) is 12.2. The Morgan fingerprint density at radius 1 is 1.27 bits per heavy atom. The van der Waals surface area contributed by atoms with Gasteiger partial charge in [-0.2, -0.15) is 0 Å². The molecule has 0 aliphatic rings. The summed E-state index contributed by atoms with van der Waals surface area (Å²) in [5.41, 5.74) is 0. The zero-order valence-corrected chi connectivity index (χ0v) is 10.1. The average molecular weight is 216 g/mol. The Bertz CT molecular complexity index is 231. The fourth-order valence-electron chi connectivity index (χ4n) is 1.69. The lowest BCUT2D eigenvalue weighted by Crippen LogP contribution is -2.49. The molecular formula is C10H20N2O3. The van der Waals surface area contributed by atoms with Crippen molar-refractivity contribution in [2.45, 2.75) is 59.2 Å². The van der Waals surface area contributed by atoms with Crippen LogP contribution in [0.25, 0.3) is 0 Å². The Hall–Kier alpha value is -1.13. The van der Waals surface area contributed by atoms with Crippen molar-refractivity contribution in [2.24, 2.45) is 0 Å². The van der Waals surface area contributed by atoms with E-state index in [-0.39, 0.29) is 24.4 Å². The third-order valence-corrected chi connectivity index (χ3v) is 2.29. The van der Waals surface area contributed by atoms with Crippen LogP contribution in [-0.4, -0.2) is 33.9 Å². The second-order valence-corrected chi connectivity index (χ2v) is 4.14. The van der Waals surface area contributed by atoms with Gasteiger partial charge in [0.1, 0.15) is 0 Å². The van der Waals surface area contributed by atoms with Gasteiger partial charge in [0.2, 0.25) is 0 Å². The minimum Gasteiger partial charge on any atom is -0.332 e. The van der Waals surface area contributed by atoms with Crippen molar-refractivity contribution in [3.05, 3.63) is 10.1 Å². The highest BCUT2D eigenvalue weighted by molar-refractivity contribution is 5.81. The molecule has 1 unspecified atom stereocenters. The molecular weight excluding hydrogens is 196 g/mol. The van der Waals surface area contributed by atoms with Crippen molar-refractivity contribution in [3.8, 4) is 0 Å². The molecule has 88 valence electrons. The second-order valence-electron chi connectivity index (χ2n) is 4.14. The van der Waals surface area contributed by atoms with E-state index in [1.807, 2.05) is 27.7 Å². The molecule has 0 heterocycles. The fourth-order valence-corrected chi connectivity index (χ4v) is 1.69. The molecule has 1 amide bonds. The van der Waals surface area contributed by atoms with Crippen LogP contribution in [0.15, 0.2) is 0 Å². The first-order valence-corrected chi connectivity index (χ1v) is 5.28. The van der Waals surface area contributed by atoms with Gasteiger partial charge in [0.05, 0.1) is 0 Å². The highest BCUT2D eigenvalue weighted by Crippen LogP contribution is 2.11. The molecule has 5 heteroatoms. The number of rotatable bonds is 5. The lowest BCUT2D eigenvalue weighted by atomic mass is 10.1. The molecule has 0 saturated carbocycles. The number of nitro groups is 1. The van der Waals surface area contributed by atoms with Gasteiger partial charge < -0.3 is 4.90 Å². The Kier molecular flexibility index (Phi) is 5.25. The van der Waals surface area contributed by atoms with Crippen molar-refractivity contribution < 1.29 is 9.72 Å². The first-order chi connectivity index (χ1) is 6.82. The summed E-state index contributed by atoms with van der Waals surface area (Å²) >= 11 is 0. The van der Waals surface area contributed by atoms with Gasteiger partial charge in [-0.25, -0.2) is 0 Å². The SMILES string of the molecule is CCC(C(=O)N(C(C)C)C(C)C)[N+](=O)[O-]. The van der Waals surface area contributed by atoms with Gasteiger partial charge in [0.25, 0.3) is 11.9 Å². The molecule has 0 aromatic heterocycles. The van der Waals surface area contributed by atoms with Gasteiger partial charge in [0, 0.05) is 23.4 Å². The summed E-state index contributed by atoms with van der Waals surface area (Å²) in [4.78, 5) is 23.6. The van der Waals surface area contributed by atoms with Gasteiger partial charge in [-0.1, -0.05) is 6.92 Å². The largest absolute Gasteiger partial charge is 0.332 e. The molecule has 0 radical (unpaired) electrons. The molecule has 5 nitrogen and oxygen atoms in total. The molecule has 0 aromatic carbocycles. The van der Waals surface area contributed by atoms with E-state index in [1.165, 1.54) is 0 Å². The van der Waals surface area contributed by atoms with Crippen LogP contribution in [0.4, 0.5) is 0 Å². The van der Waals surface area contributed by atoms with Crippen molar-refractivity contribution >= 4 is 5.91 Å². The first kappa shape index (κ1) is 13.9. The lowest BCUT2D eigenvalue weighted by Gasteiger charge is -2.31. The van der Waals surface area contributed by atoms with E-state index in [0.717, 1.165) is 0 Å². The monoisotopic (exact) mass is 216 g/mol. The third-order valence-electron chi connectivity index (χ3n) is 2.29. The number of hydrogen-bond donors (Lipinski definition) is 0. The van der Waals surface area contributed by atoms with Crippen LogP contribution < -0.4 is 0 Å². The van der Waals surface area contributed by atoms with E-state index in [1.54, 1.807) is 11.8 Å². The van der Waals surface area contributed by atoms with Crippen molar-refractivity contribution in [3.63, 3.8) is 0 Å². The Labute approximate surface area is 90.6 Å². The number of nitrogens with zero attached hydrogens (tertiary/aromatic N) is 2. The minimum atomic E-state index is -1.10. The number of hydrogen-bond acceptors (Lipinski definition) is 3. The summed E-state index contributed by atoms with van der Waals surface area (Å²) < 4.78 is 0. The summed E-state index contributed by atoms with van der Waals surface area (Å²) in [6.07, 6.45) is 0.238. The van der Waals surface area contributed by atoms with Gasteiger partial charge in [-0.15, -0.1) is 0 Å². The molecule has 0 spiro atoms. The van der Waals surface area contributed by atoms with Crippen molar-refractivity contribution in [2.75, 3.05) is 0 Å². The number of carbonyl (C=O) groups excluding carboxylic acids is 1. The Morgan fingerprint density at radius 3 is 1.87 bits per heavy atom. The Morgan fingerprint density at radius 2 is 1.67 bits per heavy atom. The van der Waals surface area contributed by atoms with Gasteiger partial charge in [0.15, 0.2) is 0 Å². The summed E-state index contributed by atoms with van der Waals surface area (Å²) in [7, 11) is 0. The van der Waals surface area contributed by atoms with Gasteiger partial charge in [-0.3, -0.25) is 14.9 Å². The molecule has 0 bridgehead atoms. The topological polar surface area (TPSA) is 63.5 Å². The van der Waals surface area contributed by atoms with Crippen LogP contribution >= 0.6 is 0 Å². The first-order valence-electron chi connectivity index (χ1n) is 5.28. The van der Waals surface area contributed by atoms with E-state index < -0.39 is 11.0 Å². The maximum Gasteiger partial charge on any atom is 0.297 e. The summed E-state index contributed by atoms with van der Waals surface area (Å²) in [6, 6.07) is -1.12. The van der Waals surface area contributed by atoms with Crippen LogP contribution in [0.1, 0.15) is 41.0 Å². The van der Waals surface area contributed by atoms with E-state index >= 15 is 0 Å². The van der Waals surface area contributed by atoms with Crippen LogP contribution in [0.3, 0.4) is 0 Å². The summed E-state index contributed by atoms with van der Waals surface area (Å²) in [5, 5.41) is 10.7. The van der Waals surface area contributed by atoms with E-state index in [0.29, 0.717) is 0 Å². The van der Waals surface area contributed by atoms with Gasteiger partial charge in [-0.05, 0) is 27.7 Å². The Balaban J connectivity index is 4.84. The van der Waals surface area contributed by atoms with Crippen LogP contribution in [0, 0.1) is 10.1 Å². The smallest absolute Gasteiger partial charge is 0.297 e. The molecule has 0 aliphatic heterocycles. The standard InChI is InChI=1S/C10H20N2O3/c1-6-9(12(14)15)10(13)11(7(2)3)8(4)5/h7-9H,6H2,1-5H3. The second kappa shape index (κ2) is 5.68. The lowest BCUT2D eigenvalue weighted by molar-refractivity contribution is -0.509. The molecule has 0 rings (SSSR count). The van der Waals surface area contributed by atoms with Crippen molar-refractivity contribution in [1.29, 1.82) is 0 Å².